The van der Waals surface area contributed by atoms with E-state index in [-0.39, 0.29) is 6.04 Å². The van der Waals surface area contributed by atoms with Gasteiger partial charge in [0, 0.05) is 16.9 Å². The molecule has 3 nitrogen and oxygen atoms in total. The molecule has 1 aromatic carbocycles. The normalized spacial score (nSPS) is 12.4. The summed E-state index contributed by atoms with van der Waals surface area (Å²) in [6.45, 7) is 4.25. The Morgan fingerprint density at radius 1 is 1.21 bits per heavy atom. The van der Waals surface area contributed by atoms with Crippen LogP contribution in [-0.2, 0) is 6.42 Å². The van der Waals surface area contributed by atoms with Crippen LogP contribution in [0.25, 0.3) is 0 Å². The molecule has 4 heteroatoms. The summed E-state index contributed by atoms with van der Waals surface area (Å²) in [6, 6.07) is 8.62. The summed E-state index contributed by atoms with van der Waals surface area (Å²) in [5.74, 6) is 5.68. The lowest BCUT2D eigenvalue weighted by Crippen LogP contribution is -2.29. The highest BCUT2D eigenvalue weighted by Crippen LogP contribution is 2.21. The lowest BCUT2D eigenvalue weighted by molar-refractivity contribution is 0.550. The molecule has 100 valence electrons. The SMILES string of the molecule is Cc1ccc(CC(NN)c2cncc(Br)c2)cc1C. The quantitative estimate of drug-likeness (QED) is 0.672. The van der Waals surface area contributed by atoms with Gasteiger partial charge < -0.3 is 0 Å². The first-order chi connectivity index (χ1) is 9.10. The van der Waals surface area contributed by atoms with Crippen LogP contribution in [-0.4, -0.2) is 4.98 Å². The Morgan fingerprint density at radius 3 is 2.63 bits per heavy atom. The average molecular weight is 320 g/mol. The molecule has 3 N–H and O–H groups in total. The maximum Gasteiger partial charge on any atom is 0.0515 e. The van der Waals surface area contributed by atoms with Crippen LogP contribution in [0.1, 0.15) is 28.3 Å². The maximum atomic E-state index is 5.68. The van der Waals surface area contributed by atoms with E-state index in [2.05, 4.69) is 58.4 Å². The molecule has 0 bridgehead atoms. The Bertz CT molecular complexity index is 569. The molecule has 1 heterocycles. The van der Waals surface area contributed by atoms with Gasteiger partial charge in [0.05, 0.1) is 6.04 Å². The summed E-state index contributed by atoms with van der Waals surface area (Å²) in [5, 5.41) is 0. The number of nitrogens with one attached hydrogen (secondary N) is 1. The fraction of sp³-hybridized carbons (Fsp3) is 0.267. The van der Waals surface area contributed by atoms with Crippen LogP contribution in [0.5, 0.6) is 0 Å². The van der Waals surface area contributed by atoms with E-state index in [1.165, 1.54) is 16.7 Å². The van der Waals surface area contributed by atoms with Crippen LogP contribution in [0.2, 0.25) is 0 Å². The molecule has 1 aromatic heterocycles. The highest BCUT2D eigenvalue weighted by atomic mass is 79.9. The van der Waals surface area contributed by atoms with Crippen LogP contribution >= 0.6 is 15.9 Å². The fourth-order valence-electron chi connectivity index (χ4n) is 2.06. The zero-order valence-electron chi connectivity index (χ0n) is 11.2. The predicted molar refractivity (Wildman–Crippen MR) is 81.6 cm³/mol. The minimum absolute atomic E-state index is 0.0621. The Morgan fingerprint density at radius 2 is 2.00 bits per heavy atom. The summed E-state index contributed by atoms with van der Waals surface area (Å²) < 4.78 is 0.963. The van der Waals surface area contributed by atoms with Crippen LogP contribution in [0.4, 0.5) is 0 Å². The largest absolute Gasteiger partial charge is 0.271 e. The minimum Gasteiger partial charge on any atom is -0.271 e. The number of nitrogens with two attached hydrogens (primary N) is 1. The molecular weight excluding hydrogens is 302 g/mol. The monoisotopic (exact) mass is 319 g/mol. The Hall–Kier alpha value is -1.23. The van der Waals surface area contributed by atoms with Gasteiger partial charge in [-0.1, -0.05) is 18.2 Å². The lowest BCUT2D eigenvalue weighted by Gasteiger charge is -2.17. The number of hydrogen-bond donors (Lipinski definition) is 2. The molecule has 2 aromatic rings. The van der Waals surface area contributed by atoms with Gasteiger partial charge in [-0.25, -0.2) is 0 Å². The predicted octanol–water partition coefficient (Wildman–Crippen LogP) is 3.21. The average Bonchev–Trinajstić information content (AvgIpc) is 2.40. The number of rotatable bonds is 4. The van der Waals surface area contributed by atoms with Crippen molar-refractivity contribution >= 4 is 15.9 Å². The van der Waals surface area contributed by atoms with Gasteiger partial charge in [0.1, 0.15) is 0 Å². The molecule has 19 heavy (non-hydrogen) atoms. The molecule has 0 aliphatic rings. The number of aryl methyl sites for hydroxylation is 2. The second-order valence-electron chi connectivity index (χ2n) is 4.78. The first kappa shape index (κ1) is 14.2. The lowest BCUT2D eigenvalue weighted by atomic mass is 9.98. The third-order valence-electron chi connectivity index (χ3n) is 3.34. The van der Waals surface area contributed by atoms with Gasteiger partial charge in [0.25, 0.3) is 0 Å². The minimum atomic E-state index is 0.0621. The van der Waals surface area contributed by atoms with Crippen molar-refractivity contribution in [1.29, 1.82) is 0 Å². The van der Waals surface area contributed by atoms with Crippen molar-refractivity contribution in [3.8, 4) is 0 Å². The van der Waals surface area contributed by atoms with Gasteiger partial charge >= 0.3 is 0 Å². The number of aromatic nitrogens is 1. The van der Waals surface area contributed by atoms with E-state index in [1.807, 2.05) is 12.3 Å². The van der Waals surface area contributed by atoms with E-state index in [0.29, 0.717) is 0 Å². The summed E-state index contributed by atoms with van der Waals surface area (Å²) in [6.07, 6.45) is 4.46. The third kappa shape index (κ3) is 3.62. The third-order valence-corrected chi connectivity index (χ3v) is 3.77. The first-order valence-electron chi connectivity index (χ1n) is 6.23. The topological polar surface area (TPSA) is 50.9 Å². The molecular formula is C15H18BrN3. The fourth-order valence-corrected chi connectivity index (χ4v) is 2.44. The van der Waals surface area contributed by atoms with Crippen molar-refractivity contribution in [1.82, 2.24) is 10.4 Å². The molecule has 0 radical (unpaired) electrons. The second kappa shape index (κ2) is 6.28. The van der Waals surface area contributed by atoms with Gasteiger partial charge in [-0.15, -0.1) is 0 Å². The molecule has 0 fully saturated rings. The molecule has 1 unspecified atom stereocenters. The summed E-state index contributed by atoms with van der Waals surface area (Å²) in [4.78, 5) is 4.18. The van der Waals surface area contributed by atoms with Crippen LogP contribution in [0, 0.1) is 13.8 Å². The molecule has 0 aliphatic carbocycles. The van der Waals surface area contributed by atoms with E-state index < -0.39 is 0 Å². The summed E-state index contributed by atoms with van der Waals surface area (Å²) >= 11 is 3.44. The molecule has 1 atom stereocenters. The highest BCUT2D eigenvalue weighted by molar-refractivity contribution is 9.10. The smallest absolute Gasteiger partial charge is 0.0515 e. The van der Waals surface area contributed by atoms with Crippen LogP contribution in [0.15, 0.2) is 41.1 Å². The number of nitrogens with zero attached hydrogens (tertiary/aromatic N) is 1. The maximum absolute atomic E-state index is 5.68. The van der Waals surface area contributed by atoms with Crippen LogP contribution < -0.4 is 11.3 Å². The van der Waals surface area contributed by atoms with Crippen molar-refractivity contribution in [2.24, 2.45) is 5.84 Å². The van der Waals surface area contributed by atoms with E-state index in [1.54, 1.807) is 6.20 Å². The Balaban J connectivity index is 2.21. The Kier molecular flexibility index (Phi) is 4.69. The molecule has 0 saturated heterocycles. The van der Waals surface area contributed by atoms with Gasteiger partial charge in [-0.2, -0.15) is 0 Å². The van der Waals surface area contributed by atoms with Gasteiger partial charge in [-0.3, -0.25) is 16.3 Å². The molecule has 0 saturated carbocycles. The molecule has 2 rings (SSSR count). The van der Waals surface area contributed by atoms with E-state index in [4.69, 9.17) is 5.84 Å². The van der Waals surface area contributed by atoms with Crippen molar-refractivity contribution in [3.63, 3.8) is 0 Å². The summed E-state index contributed by atoms with van der Waals surface area (Å²) in [7, 11) is 0. The van der Waals surface area contributed by atoms with Crippen molar-refractivity contribution < 1.29 is 0 Å². The Labute approximate surface area is 122 Å². The second-order valence-corrected chi connectivity index (χ2v) is 5.69. The van der Waals surface area contributed by atoms with Gasteiger partial charge in [0.15, 0.2) is 0 Å². The van der Waals surface area contributed by atoms with Crippen molar-refractivity contribution in [2.75, 3.05) is 0 Å². The molecule has 0 aliphatic heterocycles. The molecule has 0 spiro atoms. The highest BCUT2D eigenvalue weighted by Gasteiger charge is 2.11. The van der Waals surface area contributed by atoms with E-state index >= 15 is 0 Å². The van der Waals surface area contributed by atoms with E-state index in [9.17, 15) is 0 Å². The number of pyridine rings is 1. The number of hydrazine groups is 1. The number of halogens is 1. The van der Waals surface area contributed by atoms with Crippen molar-refractivity contribution in [3.05, 3.63) is 63.4 Å². The summed E-state index contributed by atoms with van der Waals surface area (Å²) in [5.41, 5.74) is 7.83. The number of benzene rings is 1. The van der Waals surface area contributed by atoms with Crippen LogP contribution in [0.3, 0.4) is 0 Å². The van der Waals surface area contributed by atoms with Crippen molar-refractivity contribution in [2.45, 2.75) is 26.3 Å². The van der Waals surface area contributed by atoms with Gasteiger partial charge in [-0.05, 0) is 64.5 Å². The van der Waals surface area contributed by atoms with E-state index in [0.717, 1.165) is 16.5 Å². The zero-order chi connectivity index (χ0) is 13.8. The first-order valence-corrected chi connectivity index (χ1v) is 7.02. The molecule has 0 amide bonds. The number of hydrogen-bond acceptors (Lipinski definition) is 3. The zero-order valence-corrected chi connectivity index (χ0v) is 12.7. The van der Waals surface area contributed by atoms with Gasteiger partial charge in [0.2, 0.25) is 0 Å². The standard InChI is InChI=1S/C15H18BrN3/c1-10-3-4-12(5-11(10)2)6-15(19-17)13-7-14(16)9-18-8-13/h3-5,7-9,15,19H,6,17H2,1-2H3.